The number of hydrogen-bond donors (Lipinski definition) is 1. The molecule has 1 heteroatoms. The van der Waals surface area contributed by atoms with Crippen LogP contribution in [0.5, 0.6) is 0 Å². The fourth-order valence-electron chi connectivity index (χ4n) is 2.40. The lowest BCUT2D eigenvalue weighted by molar-refractivity contribution is 0.645. The molecule has 0 aliphatic heterocycles. The maximum absolute atomic E-state index is 3.59. The van der Waals surface area contributed by atoms with E-state index in [0.717, 1.165) is 6.54 Å². The van der Waals surface area contributed by atoms with Crippen LogP contribution in [0.4, 0.5) is 5.69 Å². The molecule has 0 saturated carbocycles. The van der Waals surface area contributed by atoms with Crippen LogP contribution in [-0.4, -0.2) is 6.54 Å². The van der Waals surface area contributed by atoms with Crippen molar-refractivity contribution >= 4 is 5.69 Å². The second-order valence-corrected chi connectivity index (χ2v) is 5.11. The first kappa shape index (κ1) is 14.1. The van der Waals surface area contributed by atoms with E-state index in [0.29, 0.717) is 0 Å². The van der Waals surface area contributed by atoms with Gasteiger partial charge in [0, 0.05) is 12.2 Å². The summed E-state index contributed by atoms with van der Waals surface area (Å²) in [5, 5.41) is 3.59. The minimum absolute atomic E-state index is 1.11. The summed E-state index contributed by atoms with van der Waals surface area (Å²) in [6.07, 6.45) is 6.72. The molecule has 0 bridgehead atoms. The van der Waals surface area contributed by atoms with Crippen LogP contribution in [-0.2, 0) is 0 Å². The molecule has 96 valence electrons. The number of rotatable bonds is 7. The van der Waals surface area contributed by atoms with Crippen molar-refractivity contribution in [2.45, 2.75) is 59.8 Å². The molecule has 0 heterocycles. The minimum Gasteiger partial charge on any atom is -0.385 e. The average Bonchev–Trinajstić information content (AvgIpc) is 2.26. The summed E-state index contributed by atoms with van der Waals surface area (Å²) in [4.78, 5) is 0. The van der Waals surface area contributed by atoms with Gasteiger partial charge in [0.15, 0.2) is 0 Å². The smallest absolute Gasteiger partial charge is 0.0399 e. The summed E-state index contributed by atoms with van der Waals surface area (Å²) in [5.41, 5.74) is 5.44. The third kappa shape index (κ3) is 4.80. The molecule has 1 N–H and O–H groups in total. The largest absolute Gasteiger partial charge is 0.385 e. The van der Waals surface area contributed by atoms with Crippen LogP contribution in [0.3, 0.4) is 0 Å². The molecule has 1 aromatic carbocycles. The molecular weight excluding hydrogens is 206 g/mol. The van der Waals surface area contributed by atoms with Gasteiger partial charge in [-0.2, -0.15) is 0 Å². The lowest BCUT2D eigenvalue weighted by atomic mass is 10.0. The van der Waals surface area contributed by atoms with Crippen LogP contribution in [0.1, 0.15) is 55.7 Å². The number of hydrogen-bond acceptors (Lipinski definition) is 1. The highest BCUT2D eigenvalue weighted by Gasteiger charge is 2.02. The first-order chi connectivity index (χ1) is 8.15. The molecule has 0 saturated heterocycles. The summed E-state index contributed by atoms with van der Waals surface area (Å²) in [5.74, 6) is 0. The van der Waals surface area contributed by atoms with Gasteiger partial charge < -0.3 is 5.32 Å². The van der Waals surface area contributed by atoms with E-state index in [1.165, 1.54) is 54.5 Å². The van der Waals surface area contributed by atoms with Gasteiger partial charge in [-0.15, -0.1) is 0 Å². The summed E-state index contributed by atoms with van der Waals surface area (Å²) >= 11 is 0. The zero-order valence-electron chi connectivity index (χ0n) is 11.9. The van der Waals surface area contributed by atoms with Gasteiger partial charge in [0.1, 0.15) is 0 Å². The van der Waals surface area contributed by atoms with Crippen molar-refractivity contribution in [2.75, 3.05) is 11.9 Å². The number of aryl methyl sites for hydroxylation is 3. The fraction of sp³-hybridized carbons (Fsp3) is 0.625. The topological polar surface area (TPSA) is 12.0 Å². The molecule has 0 atom stereocenters. The van der Waals surface area contributed by atoms with Crippen LogP contribution in [0, 0.1) is 20.8 Å². The first-order valence-corrected chi connectivity index (χ1v) is 6.97. The third-order valence-corrected chi connectivity index (χ3v) is 3.26. The van der Waals surface area contributed by atoms with E-state index in [2.05, 4.69) is 45.1 Å². The Morgan fingerprint density at radius 2 is 1.47 bits per heavy atom. The van der Waals surface area contributed by atoms with Crippen molar-refractivity contribution in [1.82, 2.24) is 0 Å². The number of unbranched alkanes of at least 4 members (excludes halogenated alkanes) is 4. The van der Waals surface area contributed by atoms with Crippen LogP contribution in [0.15, 0.2) is 12.1 Å². The lowest BCUT2D eigenvalue weighted by Crippen LogP contribution is -2.05. The summed E-state index contributed by atoms with van der Waals surface area (Å²) < 4.78 is 0. The SMILES string of the molecule is CCCCCCCNc1c(C)cc(C)cc1C. The molecule has 0 aliphatic carbocycles. The molecule has 17 heavy (non-hydrogen) atoms. The monoisotopic (exact) mass is 233 g/mol. The average molecular weight is 233 g/mol. The quantitative estimate of drug-likeness (QED) is 0.654. The Morgan fingerprint density at radius 1 is 0.882 bits per heavy atom. The summed E-state index contributed by atoms with van der Waals surface area (Å²) in [6.45, 7) is 9.92. The number of nitrogens with one attached hydrogen (secondary N) is 1. The second-order valence-electron chi connectivity index (χ2n) is 5.11. The summed E-state index contributed by atoms with van der Waals surface area (Å²) in [7, 11) is 0. The van der Waals surface area contributed by atoms with Crippen molar-refractivity contribution < 1.29 is 0 Å². The first-order valence-electron chi connectivity index (χ1n) is 6.97. The molecule has 0 aromatic heterocycles. The van der Waals surface area contributed by atoms with Crippen LogP contribution in [0.2, 0.25) is 0 Å². The molecule has 0 radical (unpaired) electrons. The van der Waals surface area contributed by atoms with E-state index < -0.39 is 0 Å². The van der Waals surface area contributed by atoms with Crippen molar-refractivity contribution in [2.24, 2.45) is 0 Å². The van der Waals surface area contributed by atoms with Crippen LogP contribution in [0.25, 0.3) is 0 Å². The molecule has 1 aromatic rings. The maximum atomic E-state index is 3.59. The van der Waals surface area contributed by atoms with E-state index in [9.17, 15) is 0 Å². The third-order valence-electron chi connectivity index (χ3n) is 3.26. The Kier molecular flexibility index (Phi) is 6.10. The van der Waals surface area contributed by atoms with E-state index in [-0.39, 0.29) is 0 Å². The van der Waals surface area contributed by atoms with Crippen LogP contribution < -0.4 is 5.32 Å². The Balaban J connectivity index is 2.36. The number of benzene rings is 1. The highest BCUT2D eigenvalue weighted by atomic mass is 14.9. The maximum Gasteiger partial charge on any atom is 0.0399 e. The van der Waals surface area contributed by atoms with Crippen molar-refractivity contribution in [1.29, 1.82) is 0 Å². The number of anilines is 1. The van der Waals surface area contributed by atoms with Gasteiger partial charge in [-0.3, -0.25) is 0 Å². The van der Waals surface area contributed by atoms with E-state index in [4.69, 9.17) is 0 Å². The van der Waals surface area contributed by atoms with Gasteiger partial charge in [0.25, 0.3) is 0 Å². The molecule has 0 fully saturated rings. The zero-order valence-corrected chi connectivity index (χ0v) is 11.9. The second kappa shape index (κ2) is 7.37. The molecular formula is C16H27N. The van der Waals surface area contributed by atoms with Gasteiger partial charge in [0.2, 0.25) is 0 Å². The minimum atomic E-state index is 1.11. The molecule has 1 rings (SSSR count). The highest BCUT2D eigenvalue weighted by molar-refractivity contribution is 5.58. The predicted molar refractivity (Wildman–Crippen MR) is 77.9 cm³/mol. The zero-order chi connectivity index (χ0) is 12.7. The van der Waals surface area contributed by atoms with Gasteiger partial charge in [0.05, 0.1) is 0 Å². The van der Waals surface area contributed by atoms with Gasteiger partial charge >= 0.3 is 0 Å². The Hall–Kier alpha value is -0.980. The predicted octanol–water partition coefficient (Wildman–Crippen LogP) is 4.99. The van der Waals surface area contributed by atoms with Gasteiger partial charge in [-0.25, -0.2) is 0 Å². The fourth-order valence-corrected chi connectivity index (χ4v) is 2.40. The lowest BCUT2D eigenvalue weighted by Gasteiger charge is -2.13. The van der Waals surface area contributed by atoms with E-state index in [1.54, 1.807) is 0 Å². The molecule has 0 unspecified atom stereocenters. The van der Waals surface area contributed by atoms with Crippen LogP contribution >= 0.6 is 0 Å². The highest BCUT2D eigenvalue weighted by Crippen LogP contribution is 2.21. The Labute approximate surface area is 107 Å². The normalized spacial score (nSPS) is 10.6. The van der Waals surface area contributed by atoms with Crippen molar-refractivity contribution in [3.8, 4) is 0 Å². The molecule has 0 aliphatic rings. The Bertz CT molecular complexity index is 318. The summed E-state index contributed by atoms with van der Waals surface area (Å²) in [6, 6.07) is 4.51. The van der Waals surface area contributed by atoms with E-state index in [1.807, 2.05) is 0 Å². The molecule has 0 spiro atoms. The van der Waals surface area contributed by atoms with Gasteiger partial charge in [-0.1, -0.05) is 50.3 Å². The standard InChI is InChI=1S/C16H27N/c1-5-6-7-8-9-10-17-16-14(3)11-13(2)12-15(16)4/h11-12,17H,5-10H2,1-4H3. The molecule has 0 amide bonds. The van der Waals surface area contributed by atoms with E-state index >= 15 is 0 Å². The molecule has 1 nitrogen and oxygen atoms in total. The van der Waals surface area contributed by atoms with Crippen molar-refractivity contribution in [3.05, 3.63) is 28.8 Å². The Morgan fingerprint density at radius 3 is 2.06 bits per heavy atom. The van der Waals surface area contributed by atoms with Gasteiger partial charge in [-0.05, 0) is 38.3 Å². The van der Waals surface area contributed by atoms with Crippen molar-refractivity contribution in [3.63, 3.8) is 0 Å².